The number of aryl methyl sites for hydroxylation is 12. The minimum absolute atomic E-state index is 1.04. The van der Waals surface area contributed by atoms with Crippen LogP contribution in [-0.2, 0) is 0 Å². The predicted molar refractivity (Wildman–Crippen MR) is 331 cm³/mol. The molecule has 0 amide bonds. The summed E-state index contributed by atoms with van der Waals surface area (Å²) in [6.45, 7) is 37.0. The fourth-order valence-electron chi connectivity index (χ4n) is 11.4. The first-order valence-electron chi connectivity index (χ1n) is 29.4. The third-order valence-corrected chi connectivity index (χ3v) is 16.9. The highest BCUT2D eigenvalue weighted by Crippen LogP contribution is 2.56. The lowest BCUT2D eigenvalue weighted by Crippen LogP contribution is -2.43. The summed E-state index contributed by atoms with van der Waals surface area (Å²) >= 11 is 0. The summed E-state index contributed by atoms with van der Waals surface area (Å²) in [4.78, 5) is 0. The lowest BCUT2D eigenvalue weighted by molar-refractivity contribution is -0.0282. The van der Waals surface area contributed by atoms with E-state index in [2.05, 4.69) is 233 Å². The maximum absolute atomic E-state index is 2.51. The first kappa shape index (κ1) is 63.6. The molecule has 0 aliphatic heterocycles. The van der Waals surface area contributed by atoms with Crippen molar-refractivity contribution in [3.8, 4) is 0 Å². The van der Waals surface area contributed by atoms with Gasteiger partial charge in [-0.15, -0.1) is 0 Å². The Hall–Kier alpha value is -4.68. The van der Waals surface area contributed by atoms with E-state index in [4.69, 9.17) is 0 Å². The van der Waals surface area contributed by atoms with Crippen molar-refractivity contribution in [1.29, 1.82) is 0 Å². The molecule has 0 atom stereocenters. The molecule has 6 saturated carbocycles. The van der Waals surface area contributed by atoms with E-state index >= 15 is 0 Å². The van der Waals surface area contributed by atoms with Crippen LogP contribution < -0.4 is 0 Å². The molecule has 0 heteroatoms. The Kier molecular flexibility index (Phi) is 29.9. The largest absolute Gasteiger partial charge is 0.0625 e. The second-order valence-electron chi connectivity index (χ2n) is 24.0. The fraction of sp³-hybridized carbons (Fsp3) is 0.514. The van der Waals surface area contributed by atoms with E-state index in [1.165, 1.54) is 136 Å². The van der Waals surface area contributed by atoms with E-state index in [9.17, 15) is 0 Å². The van der Waals surface area contributed by atoms with E-state index in [0.29, 0.717) is 0 Å². The topological polar surface area (TPSA) is 0 Å². The fourth-order valence-corrected chi connectivity index (χ4v) is 11.4. The minimum atomic E-state index is 1.04. The molecule has 0 aromatic heterocycles. The molecule has 6 aliphatic rings. The van der Waals surface area contributed by atoms with Crippen LogP contribution in [0.15, 0.2) is 133 Å². The predicted octanol–water partition coefficient (Wildman–Crippen LogP) is 22.3. The molecule has 0 unspecified atom stereocenters. The maximum atomic E-state index is 2.51. The molecule has 0 heterocycles. The zero-order chi connectivity index (χ0) is 54.6. The normalized spacial score (nSPS) is 19.8. The van der Waals surface area contributed by atoms with Gasteiger partial charge < -0.3 is 0 Å². The summed E-state index contributed by atoms with van der Waals surface area (Å²) in [6.07, 6.45) is 21.3. The average molecular weight is 998 g/mol. The molecule has 6 fully saturated rings. The molecule has 4 bridgehead atoms. The second kappa shape index (κ2) is 34.8. The highest BCUT2D eigenvalue weighted by molar-refractivity contribution is 5.36. The summed E-state index contributed by atoms with van der Waals surface area (Å²) < 4.78 is 0. The quantitative estimate of drug-likeness (QED) is 0.142. The molecule has 74 heavy (non-hydrogen) atoms. The molecule has 0 spiro atoms. The van der Waals surface area contributed by atoms with Crippen molar-refractivity contribution >= 4 is 0 Å². The third kappa shape index (κ3) is 25.7. The van der Waals surface area contributed by atoms with Gasteiger partial charge in [-0.25, -0.2) is 0 Å². The van der Waals surface area contributed by atoms with Crippen LogP contribution in [0.4, 0.5) is 0 Å². The van der Waals surface area contributed by atoms with Gasteiger partial charge in [-0.05, 0) is 215 Å². The van der Waals surface area contributed by atoms with Crippen LogP contribution in [0.5, 0.6) is 0 Å². The Morgan fingerprint density at radius 3 is 0.892 bits per heavy atom. The van der Waals surface area contributed by atoms with Crippen LogP contribution in [-0.4, -0.2) is 0 Å². The van der Waals surface area contributed by atoms with Crippen LogP contribution >= 0.6 is 0 Å². The number of hydrogen-bond donors (Lipinski definition) is 0. The Balaban J connectivity index is 0.000000221. The molecule has 6 aromatic rings. The average Bonchev–Trinajstić information content (AvgIpc) is 3.86. The van der Waals surface area contributed by atoms with Crippen LogP contribution in [0, 0.1) is 138 Å². The Morgan fingerprint density at radius 2 is 0.595 bits per heavy atom. The first-order valence-corrected chi connectivity index (χ1v) is 29.4. The molecule has 404 valence electrons. The van der Waals surface area contributed by atoms with Crippen molar-refractivity contribution in [1.82, 2.24) is 0 Å². The minimum Gasteiger partial charge on any atom is -0.0625 e. The van der Waals surface area contributed by atoms with Crippen molar-refractivity contribution in [3.05, 3.63) is 211 Å². The van der Waals surface area contributed by atoms with E-state index in [-0.39, 0.29) is 0 Å². The van der Waals surface area contributed by atoms with Crippen LogP contribution in [0.1, 0.15) is 189 Å². The van der Waals surface area contributed by atoms with Gasteiger partial charge in [0, 0.05) is 0 Å². The zero-order valence-corrected chi connectivity index (χ0v) is 50.6. The molecule has 6 aliphatic carbocycles. The van der Waals surface area contributed by atoms with Crippen molar-refractivity contribution in [2.45, 2.75) is 208 Å². The summed E-state index contributed by atoms with van der Waals surface area (Å²) in [5.41, 5.74) is 19.2. The van der Waals surface area contributed by atoms with Crippen molar-refractivity contribution in [2.75, 3.05) is 0 Å². The lowest BCUT2D eigenvalue weighted by Gasteiger charge is -2.53. The molecule has 12 rings (SSSR count). The molecule has 6 aromatic carbocycles. The second-order valence-corrected chi connectivity index (χ2v) is 24.0. The summed E-state index contributed by atoms with van der Waals surface area (Å²) in [5, 5.41) is 0. The zero-order valence-electron chi connectivity index (χ0n) is 50.6. The van der Waals surface area contributed by atoms with Gasteiger partial charge in [0.25, 0.3) is 0 Å². The maximum Gasteiger partial charge on any atom is -0.0381 e. The third-order valence-electron chi connectivity index (χ3n) is 16.9. The van der Waals surface area contributed by atoms with E-state index in [1.54, 1.807) is 32.1 Å². The van der Waals surface area contributed by atoms with Gasteiger partial charge in [0.2, 0.25) is 0 Å². The summed E-state index contributed by atoms with van der Waals surface area (Å²) in [6, 6.07) is 46.4. The highest BCUT2D eigenvalue weighted by Gasteiger charge is 2.46. The van der Waals surface area contributed by atoms with Gasteiger partial charge in [-0.3, -0.25) is 0 Å². The Labute approximate surface area is 458 Å². The Morgan fingerprint density at radius 1 is 0.270 bits per heavy atom. The van der Waals surface area contributed by atoms with Crippen LogP contribution in [0.25, 0.3) is 0 Å². The number of benzene rings is 6. The molecule has 0 radical (unpaired) electrons. The van der Waals surface area contributed by atoms with Crippen molar-refractivity contribution < 1.29 is 0 Å². The van der Waals surface area contributed by atoms with Crippen LogP contribution in [0.2, 0.25) is 0 Å². The van der Waals surface area contributed by atoms with E-state index < -0.39 is 0 Å². The van der Waals surface area contributed by atoms with Gasteiger partial charge in [0.15, 0.2) is 0 Å². The molecular weight excluding hydrogens is 889 g/mol. The van der Waals surface area contributed by atoms with Crippen molar-refractivity contribution in [2.24, 2.45) is 41.4 Å². The van der Waals surface area contributed by atoms with Crippen LogP contribution in [0.3, 0.4) is 0 Å². The highest BCUT2D eigenvalue weighted by atomic mass is 14.5. The van der Waals surface area contributed by atoms with Gasteiger partial charge in [0.05, 0.1) is 0 Å². The molecule has 0 nitrogen and oxygen atoms in total. The Bertz CT molecular complexity index is 2270. The summed E-state index contributed by atoms with van der Waals surface area (Å²) in [5.74, 6) is 7.78. The summed E-state index contributed by atoms with van der Waals surface area (Å²) in [7, 11) is 0. The van der Waals surface area contributed by atoms with Gasteiger partial charge >= 0.3 is 0 Å². The first-order chi connectivity index (χ1) is 35.2. The standard InChI is InChI=1S/C11H18.C10H14.C9H12.3C8H10.C7H14.C7H8.C6H12/c1-7-10-3-8-2-9(5-10)6-11(7)4-8;1-7-5-8(2)10(4)9(3)6-7;1-7-5-4-6-8(2)9(7)3;1-7-3-5-8(2)6-4-7;1-7-4-3-5-8(2)6-7;1-7-5-3-4-6-8(7)2;2*1-7-5-3-2-4-6-7;1-6-4-2-3-5-6/h7-11H,2-6H2,1H3;5-6H,1-4H3;4-6H,1-3H3;3*3-6H,1-2H3;7H,2-6H2,1H3;2-6H,1H3;6H,2-5H2,1H3. The van der Waals surface area contributed by atoms with E-state index in [0.717, 1.165) is 41.4 Å². The molecular formula is C74H108. The smallest absolute Gasteiger partial charge is 0.0381 e. The lowest BCUT2D eigenvalue weighted by atomic mass is 9.52. The SMILES string of the molecule is CC1C2CC3CC(C2)CC1C3.CC1CCCC1.CC1CCCCC1.Cc1cc(C)c(C)c(C)c1.Cc1ccc(C)cc1.Cc1cccc(C)c1.Cc1cccc(C)c1C.Cc1ccccc1.Cc1ccccc1C. The van der Waals surface area contributed by atoms with Gasteiger partial charge in [0.1, 0.15) is 0 Å². The van der Waals surface area contributed by atoms with Gasteiger partial charge in [-0.1, -0.05) is 245 Å². The molecule has 0 N–H and O–H groups in total. The van der Waals surface area contributed by atoms with Gasteiger partial charge in [-0.2, -0.15) is 0 Å². The van der Waals surface area contributed by atoms with E-state index in [1.807, 2.05) is 18.2 Å². The monoisotopic (exact) mass is 997 g/mol. The number of rotatable bonds is 0. The molecule has 0 saturated heterocycles. The number of hydrogen-bond acceptors (Lipinski definition) is 0. The van der Waals surface area contributed by atoms with Crippen molar-refractivity contribution in [3.63, 3.8) is 0 Å².